The third-order valence-corrected chi connectivity index (χ3v) is 3.84. The van der Waals surface area contributed by atoms with E-state index in [1.807, 2.05) is 38.1 Å². The molecule has 0 heterocycles. The molecule has 4 heteroatoms. The van der Waals surface area contributed by atoms with Gasteiger partial charge in [0.2, 0.25) is 0 Å². The molecule has 20 heavy (non-hydrogen) atoms. The maximum absolute atomic E-state index is 13.2. The van der Waals surface area contributed by atoms with Gasteiger partial charge >= 0.3 is 0 Å². The van der Waals surface area contributed by atoms with Gasteiger partial charge in [-0.2, -0.15) is 0 Å². The number of ether oxygens (including phenoxy) is 1. The normalized spacial score (nSPS) is 12.5. The van der Waals surface area contributed by atoms with E-state index >= 15 is 0 Å². The maximum Gasteiger partial charge on any atom is 0.159 e. The summed E-state index contributed by atoms with van der Waals surface area (Å²) in [6, 6.07) is 11.4. The smallest absolute Gasteiger partial charge is 0.159 e. The van der Waals surface area contributed by atoms with Crippen LogP contribution in [0.2, 0.25) is 0 Å². The fraction of sp³-hybridized carbons (Fsp3) is 0.250. The van der Waals surface area contributed by atoms with E-state index in [1.165, 1.54) is 6.07 Å². The first-order valence-corrected chi connectivity index (χ1v) is 7.24. The van der Waals surface area contributed by atoms with Crippen LogP contribution in [0.4, 0.5) is 8.78 Å². The Balaban J connectivity index is 2.20. The highest BCUT2D eigenvalue weighted by Crippen LogP contribution is 2.32. The summed E-state index contributed by atoms with van der Waals surface area (Å²) in [6.07, 6.45) is 0.117. The van der Waals surface area contributed by atoms with Crippen LogP contribution in [0.25, 0.3) is 0 Å². The second-order valence-electron chi connectivity index (χ2n) is 4.77. The number of hydrogen-bond acceptors (Lipinski definition) is 1. The molecule has 0 aliphatic rings. The summed E-state index contributed by atoms with van der Waals surface area (Å²) in [5, 5.41) is 0. The van der Waals surface area contributed by atoms with Crippen LogP contribution in [0, 0.1) is 11.6 Å². The minimum Gasteiger partial charge on any atom is -0.491 e. The van der Waals surface area contributed by atoms with Gasteiger partial charge in [-0.05, 0) is 49.2 Å². The molecule has 1 nitrogen and oxygen atoms in total. The average Bonchev–Trinajstić information content (AvgIpc) is 2.41. The van der Waals surface area contributed by atoms with E-state index in [2.05, 4.69) is 15.9 Å². The molecule has 0 aromatic heterocycles. The Morgan fingerprint density at radius 2 is 1.50 bits per heavy atom. The van der Waals surface area contributed by atoms with Crippen molar-refractivity contribution in [1.29, 1.82) is 0 Å². The first-order chi connectivity index (χ1) is 9.47. The molecule has 0 bridgehead atoms. The quantitative estimate of drug-likeness (QED) is 0.692. The molecule has 0 aliphatic carbocycles. The lowest BCUT2D eigenvalue weighted by atomic mass is 10.0. The number of hydrogen-bond donors (Lipinski definition) is 0. The third kappa shape index (κ3) is 3.57. The van der Waals surface area contributed by atoms with Crippen molar-refractivity contribution >= 4 is 15.9 Å². The monoisotopic (exact) mass is 340 g/mol. The Bertz CT molecular complexity index is 582. The van der Waals surface area contributed by atoms with Crippen LogP contribution in [0.15, 0.2) is 42.5 Å². The molecule has 0 spiro atoms. The average molecular weight is 341 g/mol. The van der Waals surface area contributed by atoms with Crippen LogP contribution in [0.1, 0.15) is 29.8 Å². The molecule has 2 aromatic rings. The minimum absolute atomic E-state index is 0.117. The molecule has 0 saturated carbocycles. The van der Waals surface area contributed by atoms with Crippen molar-refractivity contribution in [2.24, 2.45) is 0 Å². The highest BCUT2D eigenvalue weighted by atomic mass is 79.9. The second kappa shape index (κ2) is 6.35. The molecule has 2 rings (SSSR count). The summed E-state index contributed by atoms with van der Waals surface area (Å²) in [6.45, 7) is 3.92. The fourth-order valence-electron chi connectivity index (χ4n) is 1.85. The lowest BCUT2D eigenvalue weighted by molar-refractivity contribution is 0.242. The first kappa shape index (κ1) is 15.0. The zero-order valence-corrected chi connectivity index (χ0v) is 12.8. The highest BCUT2D eigenvalue weighted by molar-refractivity contribution is 9.09. The Hall–Kier alpha value is -1.42. The van der Waals surface area contributed by atoms with Crippen LogP contribution < -0.4 is 4.74 Å². The number of benzene rings is 2. The second-order valence-corrected chi connectivity index (χ2v) is 5.69. The summed E-state index contributed by atoms with van der Waals surface area (Å²) in [5.41, 5.74) is 1.62. The summed E-state index contributed by atoms with van der Waals surface area (Å²) in [5.74, 6) is -0.894. The van der Waals surface area contributed by atoms with Gasteiger partial charge in [0.15, 0.2) is 11.6 Å². The van der Waals surface area contributed by atoms with Gasteiger partial charge in [0, 0.05) is 0 Å². The minimum atomic E-state index is -0.841. The standard InChI is InChI=1S/C16H15BrF2O/c1-10(2)20-13-6-3-11(4-7-13)16(17)12-5-8-14(18)15(19)9-12/h3-10,16H,1-2H3. The van der Waals surface area contributed by atoms with Crippen molar-refractivity contribution in [3.63, 3.8) is 0 Å². The molecule has 0 radical (unpaired) electrons. The van der Waals surface area contributed by atoms with Crippen molar-refractivity contribution in [3.8, 4) is 5.75 Å². The maximum atomic E-state index is 13.2. The van der Waals surface area contributed by atoms with Gasteiger partial charge in [-0.1, -0.05) is 34.1 Å². The van der Waals surface area contributed by atoms with Gasteiger partial charge in [0.1, 0.15) is 5.75 Å². The molecule has 1 unspecified atom stereocenters. The van der Waals surface area contributed by atoms with Gasteiger partial charge in [0.25, 0.3) is 0 Å². The predicted molar refractivity (Wildman–Crippen MR) is 79.3 cm³/mol. The zero-order valence-electron chi connectivity index (χ0n) is 11.2. The van der Waals surface area contributed by atoms with Crippen molar-refractivity contribution in [2.45, 2.75) is 24.8 Å². The number of halogens is 3. The molecule has 106 valence electrons. The van der Waals surface area contributed by atoms with E-state index < -0.39 is 11.6 Å². The predicted octanol–water partition coefficient (Wildman–Crippen LogP) is 5.24. The molecule has 2 aromatic carbocycles. The van der Waals surface area contributed by atoms with E-state index in [0.29, 0.717) is 5.56 Å². The van der Waals surface area contributed by atoms with Crippen LogP contribution in [-0.2, 0) is 0 Å². The van der Waals surface area contributed by atoms with Gasteiger partial charge in [-0.15, -0.1) is 0 Å². The van der Waals surface area contributed by atoms with Gasteiger partial charge in [0.05, 0.1) is 10.9 Å². The molecule has 0 amide bonds. The van der Waals surface area contributed by atoms with Crippen LogP contribution >= 0.6 is 15.9 Å². The summed E-state index contributed by atoms with van der Waals surface area (Å²) < 4.78 is 31.7. The molecular weight excluding hydrogens is 326 g/mol. The van der Waals surface area contributed by atoms with Crippen molar-refractivity contribution in [2.75, 3.05) is 0 Å². The molecule has 0 fully saturated rings. The lowest BCUT2D eigenvalue weighted by Gasteiger charge is -2.13. The topological polar surface area (TPSA) is 9.23 Å². The molecule has 0 N–H and O–H groups in total. The molecule has 0 saturated heterocycles. The van der Waals surface area contributed by atoms with Crippen molar-refractivity contribution in [3.05, 3.63) is 65.2 Å². The van der Waals surface area contributed by atoms with Gasteiger partial charge in [-0.25, -0.2) is 8.78 Å². The Labute approximate surface area is 125 Å². The number of alkyl halides is 1. The highest BCUT2D eigenvalue weighted by Gasteiger charge is 2.13. The summed E-state index contributed by atoms with van der Waals surface area (Å²) in [7, 11) is 0. The van der Waals surface area contributed by atoms with Gasteiger partial charge in [-0.3, -0.25) is 0 Å². The van der Waals surface area contributed by atoms with E-state index in [0.717, 1.165) is 17.4 Å². The Morgan fingerprint density at radius 3 is 2.05 bits per heavy atom. The van der Waals surface area contributed by atoms with E-state index in [9.17, 15) is 8.78 Å². The van der Waals surface area contributed by atoms with E-state index in [4.69, 9.17) is 4.74 Å². The Kier molecular flexibility index (Phi) is 4.76. The Morgan fingerprint density at radius 1 is 0.900 bits per heavy atom. The summed E-state index contributed by atoms with van der Waals surface area (Å²) >= 11 is 3.50. The van der Waals surface area contributed by atoms with Crippen LogP contribution in [0.5, 0.6) is 5.75 Å². The largest absolute Gasteiger partial charge is 0.491 e. The SMILES string of the molecule is CC(C)Oc1ccc(C(Br)c2ccc(F)c(F)c2)cc1. The first-order valence-electron chi connectivity index (χ1n) is 6.33. The van der Waals surface area contributed by atoms with Crippen molar-refractivity contribution < 1.29 is 13.5 Å². The molecular formula is C16H15BrF2O. The van der Waals surface area contributed by atoms with Crippen LogP contribution in [-0.4, -0.2) is 6.10 Å². The van der Waals surface area contributed by atoms with E-state index in [1.54, 1.807) is 6.07 Å². The van der Waals surface area contributed by atoms with Crippen molar-refractivity contribution in [1.82, 2.24) is 0 Å². The lowest BCUT2D eigenvalue weighted by Crippen LogP contribution is -2.05. The summed E-state index contributed by atoms with van der Waals surface area (Å²) in [4.78, 5) is -0.189. The zero-order chi connectivity index (χ0) is 14.7. The van der Waals surface area contributed by atoms with Crippen LogP contribution in [0.3, 0.4) is 0 Å². The number of rotatable bonds is 4. The fourth-order valence-corrected chi connectivity index (χ4v) is 2.44. The van der Waals surface area contributed by atoms with Gasteiger partial charge < -0.3 is 4.74 Å². The van der Waals surface area contributed by atoms with E-state index in [-0.39, 0.29) is 10.9 Å². The molecule has 1 atom stereocenters. The molecule has 0 aliphatic heterocycles. The third-order valence-electron chi connectivity index (χ3n) is 2.78.